The van der Waals surface area contributed by atoms with Crippen LogP contribution in [0.1, 0.15) is 18.3 Å². The Morgan fingerprint density at radius 1 is 1.44 bits per heavy atom. The fourth-order valence-electron chi connectivity index (χ4n) is 1.44. The third kappa shape index (κ3) is 3.55. The number of hydrogen-bond donors (Lipinski definition) is 1. The molecule has 0 aliphatic carbocycles. The molecule has 0 bridgehead atoms. The topological polar surface area (TPSA) is 61.2 Å². The monoisotopic (exact) mass is 228 g/mol. The van der Waals surface area contributed by atoms with Gasteiger partial charge in [0.25, 0.3) is 0 Å². The Morgan fingerprint density at radius 2 is 2.25 bits per heavy atom. The normalized spacial score (nSPS) is 10.9. The Balaban J connectivity index is 2.66. The molecular formula is C10H20N4O2. The minimum Gasteiger partial charge on any atom is -0.380 e. The number of aromatic nitrogens is 3. The molecule has 16 heavy (non-hydrogen) atoms. The quantitative estimate of drug-likeness (QED) is 0.643. The third-order valence-electron chi connectivity index (χ3n) is 2.19. The largest absolute Gasteiger partial charge is 0.380 e. The number of nitrogens with zero attached hydrogens (tertiary/aromatic N) is 3. The molecule has 0 atom stereocenters. The maximum Gasteiger partial charge on any atom is 0.102 e. The van der Waals surface area contributed by atoms with Crippen molar-refractivity contribution >= 4 is 0 Å². The van der Waals surface area contributed by atoms with E-state index in [0.29, 0.717) is 26.3 Å². The summed E-state index contributed by atoms with van der Waals surface area (Å²) < 4.78 is 12.3. The van der Waals surface area contributed by atoms with Crippen LogP contribution in [0.25, 0.3) is 0 Å². The fourth-order valence-corrected chi connectivity index (χ4v) is 1.44. The maximum absolute atomic E-state index is 5.29. The van der Waals surface area contributed by atoms with Crippen LogP contribution in [0.4, 0.5) is 0 Å². The predicted octanol–water partition coefficient (Wildman–Crippen LogP) is 0.180. The van der Waals surface area contributed by atoms with Gasteiger partial charge in [0, 0.05) is 20.3 Å². The molecule has 1 aromatic rings. The molecule has 1 aromatic heterocycles. The lowest BCUT2D eigenvalue weighted by Crippen LogP contribution is -2.13. The van der Waals surface area contributed by atoms with E-state index in [0.717, 1.165) is 18.0 Å². The first-order valence-corrected chi connectivity index (χ1v) is 5.46. The van der Waals surface area contributed by atoms with Crippen LogP contribution in [0.5, 0.6) is 0 Å². The smallest absolute Gasteiger partial charge is 0.102 e. The SMILES string of the molecule is CCOCCn1nnc(CNC)c1COC. The lowest BCUT2D eigenvalue weighted by Gasteiger charge is -2.07. The first-order valence-electron chi connectivity index (χ1n) is 5.46. The van der Waals surface area contributed by atoms with E-state index < -0.39 is 0 Å². The first kappa shape index (κ1) is 13.1. The molecule has 0 aromatic carbocycles. The molecule has 0 saturated heterocycles. The third-order valence-corrected chi connectivity index (χ3v) is 2.19. The van der Waals surface area contributed by atoms with Crippen LogP contribution in [0.3, 0.4) is 0 Å². The van der Waals surface area contributed by atoms with Gasteiger partial charge in [0.05, 0.1) is 25.5 Å². The van der Waals surface area contributed by atoms with Crippen molar-refractivity contribution < 1.29 is 9.47 Å². The zero-order valence-electron chi connectivity index (χ0n) is 10.2. The minimum absolute atomic E-state index is 0.524. The highest BCUT2D eigenvalue weighted by molar-refractivity contribution is 5.08. The van der Waals surface area contributed by atoms with E-state index in [-0.39, 0.29) is 0 Å². The number of rotatable bonds is 8. The summed E-state index contributed by atoms with van der Waals surface area (Å²) in [6, 6.07) is 0. The van der Waals surface area contributed by atoms with Gasteiger partial charge >= 0.3 is 0 Å². The van der Waals surface area contributed by atoms with E-state index in [9.17, 15) is 0 Å². The van der Waals surface area contributed by atoms with Crippen molar-refractivity contribution in [2.45, 2.75) is 26.6 Å². The van der Waals surface area contributed by atoms with Crippen molar-refractivity contribution in [3.05, 3.63) is 11.4 Å². The molecule has 0 spiro atoms. The zero-order chi connectivity index (χ0) is 11.8. The molecular weight excluding hydrogens is 208 g/mol. The minimum atomic E-state index is 0.524. The van der Waals surface area contributed by atoms with Crippen LogP contribution < -0.4 is 5.32 Å². The van der Waals surface area contributed by atoms with Crippen molar-refractivity contribution in [3.8, 4) is 0 Å². The summed E-state index contributed by atoms with van der Waals surface area (Å²) in [6.07, 6.45) is 0. The van der Waals surface area contributed by atoms with Gasteiger partial charge < -0.3 is 14.8 Å². The van der Waals surface area contributed by atoms with E-state index in [1.807, 2.05) is 18.7 Å². The lowest BCUT2D eigenvalue weighted by molar-refractivity contribution is 0.130. The Kier molecular flexibility index (Phi) is 5.99. The van der Waals surface area contributed by atoms with E-state index in [2.05, 4.69) is 15.6 Å². The Bertz CT molecular complexity index is 301. The predicted molar refractivity (Wildman–Crippen MR) is 60.0 cm³/mol. The van der Waals surface area contributed by atoms with Gasteiger partial charge in [-0.05, 0) is 14.0 Å². The molecule has 1 heterocycles. The molecule has 0 unspecified atom stereocenters. The van der Waals surface area contributed by atoms with Crippen molar-refractivity contribution in [1.82, 2.24) is 20.3 Å². The highest BCUT2D eigenvalue weighted by atomic mass is 16.5. The molecule has 0 aliphatic heterocycles. The van der Waals surface area contributed by atoms with E-state index in [1.165, 1.54) is 0 Å². The summed E-state index contributed by atoms with van der Waals surface area (Å²) in [5, 5.41) is 11.3. The molecule has 6 nitrogen and oxygen atoms in total. The first-order chi connectivity index (χ1) is 7.83. The standard InChI is InChI=1S/C10H20N4O2/c1-4-16-6-5-14-10(8-15-3)9(7-11-2)12-13-14/h11H,4-8H2,1-3H3. The number of ether oxygens (including phenoxy) is 2. The molecule has 0 amide bonds. The Morgan fingerprint density at radius 3 is 2.88 bits per heavy atom. The van der Waals surface area contributed by atoms with E-state index in [4.69, 9.17) is 9.47 Å². The average Bonchev–Trinajstić information content (AvgIpc) is 2.64. The zero-order valence-corrected chi connectivity index (χ0v) is 10.2. The molecule has 1 N–H and O–H groups in total. The summed E-state index contributed by atoms with van der Waals surface area (Å²) in [6.45, 7) is 5.28. The van der Waals surface area contributed by atoms with Gasteiger partial charge in [0.2, 0.25) is 0 Å². The van der Waals surface area contributed by atoms with E-state index in [1.54, 1.807) is 7.11 Å². The second kappa shape index (κ2) is 7.32. The molecule has 6 heteroatoms. The molecule has 1 rings (SSSR count). The Labute approximate surface area is 95.9 Å². The Hall–Kier alpha value is -0.980. The van der Waals surface area contributed by atoms with Gasteiger partial charge in [-0.15, -0.1) is 5.10 Å². The van der Waals surface area contributed by atoms with Crippen LogP contribution >= 0.6 is 0 Å². The highest BCUT2D eigenvalue weighted by Gasteiger charge is 2.11. The average molecular weight is 228 g/mol. The summed E-state index contributed by atoms with van der Waals surface area (Å²) in [5.74, 6) is 0. The summed E-state index contributed by atoms with van der Waals surface area (Å²) in [4.78, 5) is 0. The maximum atomic E-state index is 5.29. The van der Waals surface area contributed by atoms with Crippen LogP contribution in [0, 0.1) is 0 Å². The number of hydrogen-bond acceptors (Lipinski definition) is 5. The summed E-state index contributed by atoms with van der Waals surface area (Å²) >= 11 is 0. The molecule has 0 fully saturated rings. The van der Waals surface area contributed by atoms with Gasteiger partial charge in [-0.2, -0.15) is 0 Å². The van der Waals surface area contributed by atoms with Crippen LogP contribution in [-0.2, 0) is 29.2 Å². The number of nitrogens with one attached hydrogen (secondary N) is 1. The van der Waals surface area contributed by atoms with Crippen molar-refractivity contribution in [3.63, 3.8) is 0 Å². The van der Waals surface area contributed by atoms with Crippen molar-refractivity contribution in [2.24, 2.45) is 0 Å². The number of methoxy groups -OCH3 is 1. The van der Waals surface area contributed by atoms with Crippen molar-refractivity contribution in [1.29, 1.82) is 0 Å². The fraction of sp³-hybridized carbons (Fsp3) is 0.800. The van der Waals surface area contributed by atoms with Crippen molar-refractivity contribution in [2.75, 3.05) is 27.4 Å². The van der Waals surface area contributed by atoms with Gasteiger partial charge in [-0.3, -0.25) is 0 Å². The van der Waals surface area contributed by atoms with Gasteiger partial charge in [0.15, 0.2) is 0 Å². The molecule has 0 aliphatic rings. The van der Waals surface area contributed by atoms with E-state index >= 15 is 0 Å². The van der Waals surface area contributed by atoms with Gasteiger partial charge in [-0.25, -0.2) is 4.68 Å². The van der Waals surface area contributed by atoms with Gasteiger partial charge in [0.1, 0.15) is 5.69 Å². The summed E-state index contributed by atoms with van der Waals surface area (Å²) in [7, 11) is 3.55. The lowest BCUT2D eigenvalue weighted by atomic mass is 10.3. The molecule has 0 saturated carbocycles. The second-order valence-corrected chi connectivity index (χ2v) is 3.37. The van der Waals surface area contributed by atoms with Crippen LogP contribution in [0.15, 0.2) is 0 Å². The molecule has 0 radical (unpaired) electrons. The second-order valence-electron chi connectivity index (χ2n) is 3.37. The summed E-state index contributed by atoms with van der Waals surface area (Å²) in [5.41, 5.74) is 1.94. The molecule has 92 valence electrons. The van der Waals surface area contributed by atoms with Crippen LogP contribution in [0.2, 0.25) is 0 Å². The van der Waals surface area contributed by atoms with Gasteiger partial charge in [-0.1, -0.05) is 5.21 Å². The van der Waals surface area contributed by atoms with Crippen LogP contribution in [-0.4, -0.2) is 42.4 Å². The highest BCUT2D eigenvalue weighted by Crippen LogP contribution is 2.06.